The highest BCUT2D eigenvalue weighted by Gasteiger charge is 1.91. The molecule has 0 N–H and O–H groups in total. The fourth-order valence-corrected chi connectivity index (χ4v) is 1.25. The predicted octanol–water partition coefficient (Wildman–Crippen LogP) is 1.46. The van der Waals surface area contributed by atoms with E-state index in [1.165, 1.54) is 0 Å². The third kappa shape index (κ3) is 2.58. The fourth-order valence-electron chi connectivity index (χ4n) is 0.481. The molecule has 0 aromatic heterocycles. The Hall–Kier alpha value is -0.563. The van der Waals surface area contributed by atoms with Crippen LogP contribution in [0.5, 0.6) is 0 Å². The Labute approximate surface area is 53.4 Å². The molecule has 0 nitrogen and oxygen atoms in total. The van der Waals surface area contributed by atoms with Gasteiger partial charge in [0.2, 0.25) is 0 Å². The summed E-state index contributed by atoms with van der Waals surface area (Å²) in [7, 11) is -0.137. The molecule has 0 unspecified atom stereocenters. The van der Waals surface area contributed by atoms with Gasteiger partial charge in [-0.15, -0.1) is 25.4 Å². The molecule has 0 aliphatic heterocycles. The van der Waals surface area contributed by atoms with Crippen molar-refractivity contribution in [2.75, 3.05) is 0 Å². The first-order chi connectivity index (χ1) is 3.85. The molecule has 0 radical (unpaired) electrons. The molecular formula is C7H12Si. The van der Waals surface area contributed by atoms with Crippen molar-refractivity contribution >= 4 is 9.52 Å². The van der Waals surface area contributed by atoms with E-state index >= 15 is 0 Å². The summed E-state index contributed by atoms with van der Waals surface area (Å²) in [5.41, 5.74) is 2.56. The summed E-state index contributed by atoms with van der Waals surface area (Å²) in [6, 6.07) is 0. The fraction of sp³-hybridized carbons (Fsp3) is 0.143. The SMILES string of the molecule is C=C[SiH2]C(C=C)C=C. The Balaban J connectivity index is 3.50. The van der Waals surface area contributed by atoms with Crippen molar-refractivity contribution in [3.05, 3.63) is 37.6 Å². The monoisotopic (exact) mass is 124 g/mol. The van der Waals surface area contributed by atoms with Crippen molar-refractivity contribution < 1.29 is 0 Å². The van der Waals surface area contributed by atoms with E-state index in [-0.39, 0.29) is 9.52 Å². The van der Waals surface area contributed by atoms with E-state index in [1.54, 1.807) is 0 Å². The molecule has 1 heteroatoms. The number of hydrogen-bond donors (Lipinski definition) is 0. The summed E-state index contributed by atoms with van der Waals surface area (Å²) in [5, 5.41) is 0. The Morgan fingerprint density at radius 2 is 1.62 bits per heavy atom. The highest BCUT2D eigenvalue weighted by atomic mass is 28.2. The molecule has 0 fully saturated rings. The topological polar surface area (TPSA) is 0 Å². The van der Waals surface area contributed by atoms with Gasteiger partial charge >= 0.3 is 0 Å². The molecule has 0 aromatic carbocycles. The predicted molar refractivity (Wildman–Crippen MR) is 42.9 cm³/mol. The van der Waals surface area contributed by atoms with Crippen LogP contribution in [-0.4, -0.2) is 9.52 Å². The van der Waals surface area contributed by atoms with Gasteiger partial charge in [-0.3, -0.25) is 0 Å². The van der Waals surface area contributed by atoms with Crippen LogP contribution in [0.3, 0.4) is 0 Å². The van der Waals surface area contributed by atoms with Crippen LogP contribution < -0.4 is 0 Å². The molecule has 0 aliphatic carbocycles. The highest BCUT2D eigenvalue weighted by Crippen LogP contribution is 2.03. The molecule has 0 saturated heterocycles. The maximum atomic E-state index is 3.67. The van der Waals surface area contributed by atoms with Gasteiger partial charge in [0, 0.05) is 0 Å². The van der Waals surface area contributed by atoms with Crippen LogP contribution in [0.4, 0.5) is 0 Å². The third-order valence-electron chi connectivity index (χ3n) is 1.04. The summed E-state index contributed by atoms with van der Waals surface area (Å²) in [6.07, 6.45) is 3.86. The van der Waals surface area contributed by atoms with Crippen molar-refractivity contribution in [3.63, 3.8) is 0 Å². The minimum Gasteiger partial charge on any atom is -0.108 e. The minimum atomic E-state index is -0.137. The lowest BCUT2D eigenvalue weighted by molar-refractivity contribution is 1.38. The lowest BCUT2D eigenvalue weighted by Gasteiger charge is -1.97. The maximum absolute atomic E-state index is 3.67. The van der Waals surface area contributed by atoms with Gasteiger partial charge in [0.25, 0.3) is 0 Å². The summed E-state index contributed by atoms with van der Waals surface area (Å²) in [4.78, 5) is 0. The lowest BCUT2D eigenvalue weighted by atomic mass is 10.4. The molecule has 0 heterocycles. The van der Waals surface area contributed by atoms with E-state index in [4.69, 9.17) is 0 Å². The van der Waals surface area contributed by atoms with Gasteiger partial charge in [0.05, 0.1) is 9.52 Å². The quantitative estimate of drug-likeness (QED) is 0.393. The van der Waals surface area contributed by atoms with Crippen LogP contribution in [0.2, 0.25) is 5.54 Å². The first-order valence-corrected chi connectivity index (χ1v) is 4.34. The van der Waals surface area contributed by atoms with E-state index in [2.05, 4.69) is 19.7 Å². The van der Waals surface area contributed by atoms with Gasteiger partial charge in [-0.2, -0.15) is 0 Å². The van der Waals surface area contributed by atoms with Crippen LogP contribution in [0.25, 0.3) is 0 Å². The summed E-state index contributed by atoms with van der Waals surface area (Å²) in [6.45, 7) is 11.0. The molecule has 0 spiro atoms. The van der Waals surface area contributed by atoms with Gasteiger partial charge in [-0.05, 0) is 5.54 Å². The average Bonchev–Trinajstić information content (AvgIpc) is 1.83. The van der Waals surface area contributed by atoms with Crippen molar-refractivity contribution in [1.29, 1.82) is 0 Å². The largest absolute Gasteiger partial charge is 0.108 e. The second kappa shape index (κ2) is 4.59. The first-order valence-electron chi connectivity index (χ1n) is 2.71. The average molecular weight is 124 g/mol. The molecule has 8 heavy (non-hydrogen) atoms. The van der Waals surface area contributed by atoms with Gasteiger partial charge < -0.3 is 0 Å². The smallest absolute Gasteiger partial charge is 0.0563 e. The highest BCUT2D eigenvalue weighted by molar-refractivity contribution is 6.45. The summed E-state index contributed by atoms with van der Waals surface area (Å²) < 4.78 is 0. The molecule has 0 rings (SSSR count). The standard InChI is InChI=1S/C7H12Si/c1-4-7(5-2)8-6-3/h4-7H,1-3,8H2. The summed E-state index contributed by atoms with van der Waals surface area (Å²) in [5.74, 6) is 0. The van der Waals surface area contributed by atoms with Crippen LogP contribution in [0, 0.1) is 0 Å². The van der Waals surface area contributed by atoms with E-state index in [0.29, 0.717) is 5.54 Å². The van der Waals surface area contributed by atoms with Gasteiger partial charge in [0.15, 0.2) is 0 Å². The summed E-state index contributed by atoms with van der Waals surface area (Å²) >= 11 is 0. The minimum absolute atomic E-state index is 0.137. The lowest BCUT2D eigenvalue weighted by Crippen LogP contribution is -1.91. The zero-order valence-corrected chi connectivity index (χ0v) is 6.55. The zero-order valence-electron chi connectivity index (χ0n) is 5.14. The Morgan fingerprint density at radius 3 is 1.75 bits per heavy atom. The molecule has 0 bridgehead atoms. The van der Waals surface area contributed by atoms with E-state index in [1.807, 2.05) is 17.9 Å². The van der Waals surface area contributed by atoms with Gasteiger partial charge in [-0.1, -0.05) is 12.2 Å². The second-order valence-electron chi connectivity index (χ2n) is 1.66. The van der Waals surface area contributed by atoms with Crippen LogP contribution in [0.15, 0.2) is 37.6 Å². The van der Waals surface area contributed by atoms with Gasteiger partial charge in [0.1, 0.15) is 0 Å². The van der Waals surface area contributed by atoms with Crippen LogP contribution in [0.1, 0.15) is 0 Å². The number of rotatable bonds is 4. The molecular weight excluding hydrogens is 112 g/mol. The van der Waals surface area contributed by atoms with E-state index in [0.717, 1.165) is 0 Å². The number of hydrogen-bond acceptors (Lipinski definition) is 0. The third-order valence-corrected chi connectivity index (χ3v) is 2.59. The van der Waals surface area contributed by atoms with Crippen molar-refractivity contribution in [1.82, 2.24) is 0 Å². The van der Waals surface area contributed by atoms with Gasteiger partial charge in [-0.25, -0.2) is 0 Å². The zero-order chi connectivity index (χ0) is 6.41. The molecule has 44 valence electrons. The first kappa shape index (κ1) is 7.44. The normalized spacial score (nSPS) is 10.1. The Bertz CT molecular complexity index is 86.6. The van der Waals surface area contributed by atoms with Crippen molar-refractivity contribution in [3.8, 4) is 0 Å². The molecule has 0 aliphatic rings. The maximum Gasteiger partial charge on any atom is 0.0563 e. The van der Waals surface area contributed by atoms with Crippen molar-refractivity contribution in [2.24, 2.45) is 0 Å². The Morgan fingerprint density at radius 1 is 1.12 bits per heavy atom. The molecule has 0 saturated carbocycles. The van der Waals surface area contributed by atoms with E-state index in [9.17, 15) is 0 Å². The van der Waals surface area contributed by atoms with Crippen LogP contribution in [-0.2, 0) is 0 Å². The van der Waals surface area contributed by atoms with E-state index < -0.39 is 0 Å². The molecule has 0 atom stereocenters. The second-order valence-corrected chi connectivity index (χ2v) is 3.65. The molecule has 0 amide bonds. The van der Waals surface area contributed by atoms with Crippen molar-refractivity contribution in [2.45, 2.75) is 5.54 Å². The molecule has 0 aromatic rings. The number of allylic oxidation sites excluding steroid dienone is 2. The Kier molecular flexibility index (Phi) is 4.27. The van der Waals surface area contributed by atoms with Crippen LogP contribution >= 0.6 is 0 Å².